The summed E-state index contributed by atoms with van der Waals surface area (Å²) in [6.45, 7) is 2.14. The number of thiazole rings is 1. The first-order valence-electron chi connectivity index (χ1n) is 11.3. The topological polar surface area (TPSA) is 97.3 Å². The highest BCUT2D eigenvalue weighted by Gasteiger charge is 2.53. The Labute approximate surface area is 204 Å². The molecule has 0 bridgehead atoms. The number of carbonyl (C=O) groups excluding carboxylic acids is 2. The normalized spacial score (nSPS) is 18.6. The SMILES string of the molecule is Cc1ncc(-c2cc(Oc3ccc(NC(=O)N4CCC5(CCC(F)(F)CC5)C4=O)nc3)ccn2)s1. The number of pyridine rings is 2. The van der Waals surface area contributed by atoms with E-state index in [4.69, 9.17) is 4.74 Å². The number of nitrogens with one attached hydrogen (secondary N) is 1. The fraction of sp³-hybridized carbons (Fsp3) is 0.375. The van der Waals surface area contributed by atoms with Crippen LogP contribution >= 0.6 is 11.3 Å². The summed E-state index contributed by atoms with van der Waals surface area (Å²) in [5.41, 5.74) is -0.106. The van der Waals surface area contributed by atoms with E-state index in [1.54, 1.807) is 36.7 Å². The minimum atomic E-state index is -2.73. The van der Waals surface area contributed by atoms with Gasteiger partial charge in [-0.15, -0.1) is 11.3 Å². The number of anilines is 1. The van der Waals surface area contributed by atoms with E-state index in [2.05, 4.69) is 20.3 Å². The summed E-state index contributed by atoms with van der Waals surface area (Å²) >= 11 is 1.54. The zero-order valence-electron chi connectivity index (χ0n) is 19.0. The minimum absolute atomic E-state index is 0.103. The van der Waals surface area contributed by atoms with Crippen LogP contribution in [0.3, 0.4) is 0 Å². The molecule has 0 radical (unpaired) electrons. The predicted octanol–water partition coefficient (Wildman–Crippen LogP) is 5.66. The lowest BCUT2D eigenvalue weighted by Crippen LogP contribution is -2.43. The highest BCUT2D eigenvalue weighted by Crippen LogP contribution is 2.49. The lowest BCUT2D eigenvalue weighted by molar-refractivity contribution is -0.140. The number of imide groups is 1. The quantitative estimate of drug-likeness (QED) is 0.497. The molecule has 1 N–H and O–H groups in total. The number of nitrogens with zero attached hydrogens (tertiary/aromatic N) is 4. The number of aromatic nitrogens is 3. The van der Waals surface area contributed by atoms with Gasteiger partial charge in [0.2, 0.25) is 11.8 Å². The van der Waals surface area contributed by atoms with E-state index >= 15 is 0 Å². The number of rotatable bonds is 4. The van der Waals surface area contributed by atoms with Crippen molar-refractivity contribution in [2.24, 2.45) is 5.41 Å². The molecule has 0 atom stereocenters. The summed E-state index contributed by atoms with van der Waals surface area (Å²) in [6, 6.07) is 6.14. The third kappa shape index (κ3) is 4.86. The van der Waals surface area contributed by atoms with Crippen LogP contribution in [-0.2, 0) is 4.79 Å². The van der Waals surface area contributed by atoms with Crippen molar-refractivity contribution in [3.05, 3.63) is 47.9 Å². The minimum Gasteiger partial charge on any atom is -0.456 e. The predicted molar refractivity (Wildman–Crippen MR) is 126 cm³/mol. The molecule has 3 aromatic heterocycles. The maximum absolute atomic E-state index is 13.6. The molecule has 1 saturated heterocycles. The fourth-order valence-corrected chi connectivity index (χ4v) is 5.23. The van der Waals surface area contributed by atoms with Crippen LogP contribution in [0.15, 0.2) is 42.9 Å². The number of likely N-dealkylation sites (tertiary alicyclic amines) is 1. The van der Waals surface area contributed by atoms with Crippen molar-refractivity contribution < 1.29 is 23.1 Å². The molecule has 5 rings (SSSR count). The average Bonchev–Trinajstić information content (AvgIpc) is 3.41. The number of hydrogen-bond donors (Lipinski definition) is 1. The van der Waals surface area contributed by atoms with E-state index in [0.717, 1.165) is 20.5 Å². The molecule has 35 heavy (non-hydrogen) atoms. The zero-order valence-corrected chi connectivity index (χ0v) is 19.8. The highest BCUT2D eigenvalue weighted by atomic mass is 32.1. The van der Waals surface area contributed by atoms with E-state index in [0.29, 0.717) is 17.9 Å². The van der Waals surface area contributed by atoms with Crippen molar-refractivity contribution in [1.82, 2.24) is 19.9 Å². The van der Waals surface area contributed by atoms with Crippen molar-refractivity contribution in [2.45, 2.75) is 45.0 Å². The number of aryl methyl sites for hydroxylation is 1. The Kier molecular flexibility index (Phi) is 5.96. The Bertz CT molecular complexity index is 1250. The van der Waals surface area contributed by atoms with Crippen molar-refractivity contribution in [2.75, 3.05) is 11.9 Å². The number of alkyl halides is 2. The van der Waals surface area contributed by atoms with E-state index < -0.39 is 17.4 Å². The molecule has 1 aliphatic carbocycles. The lowest BCUT2D eigenvalue weighted by Gasteiger charge is -2.35. The third-order valence-electron chi connectivity index (χ3n) is 6.51. The Morgan fingerprint density at radius 1 is 1.06 bits per heavy atom. The second-order valence-electron chi connectivity index (χ2n) is 8.87. The molecule has 0 aromatic carbocycles. The van der Waals surface area contributed by atoms with E-state index in [1.807, 2.05) is 6.92 Å². The second-order valence-corrected chi connectivity index (χ2v) is 10.1. The molecule has 3 amide bonds. The summed E-state index contributed by atoms with van der Waals surface area (Å²) in [4.78, 5) is 40.4. The van der Waals surface area contributed by atoms with Crippen LogP contribution in [0.4, 0.5) is 19.4 Å². The molecule has 11 heteroatoms. The summed E-state index contributed by atoms with van der Waals surface area (Å²) < 4.78 is 33.0. The molecular formula is C24H23F2N5O3S. The Morgan fingerprint density at radius 2 is 1.86 bits per heavy atom. The van der Waals surface area contributed by atoms with Gasteiger partial charge in [0.15, 0.2) is 0 Å². The van der Waals surface area contributed by atoms with Crippen LogP contribution < -0.4 is 10.1 Å². The zero-order chi connectivity index (χ0) is 24.6. The average molecular weight is 500 g/mol. The Balaban J connectivity index is 1.20. The Morgan fingerprint density at radius 3 is 2.54 bits per heavy atom. The molecule has 2 aliphatic rings. The summed E-state index contributed by atoms with van der Waals surface area (Å²) in [7, 11) is 0. The molecule has 1 aliphatic heterocycles. The second kappa shape index (κ2) is 8.95. The molecule has 182 valence electrons. The third-order valence-corrected chi connectivity index (χ3v) is 7.44. The highest BCUT2D eigenvalue weighted by molar-refractivity contribution is 7.15. The molecule has 1 spiro atoms. The number of halogens is 2. The van der Waals surface area contributed by atoms with Gasteiger partial charge in [-0.25, -0.2) is 23.5 Å². The van der Waals surface area contributed by atoms with Crippen LogP contribution in [0.1, 0.15) is 37.1 Å². The summed E-state index contributed by atoms with van der Waals surface area (Å²) in [5.74, 6) is -1.82. The van der Waals surface area contributed by atoms with Gasteiger partial charge in [-0.05, 0) is 44.4 Å². The number of amides is 3. The number of urea groups is 1. The maximum Gasteiger partial charge on any atom is 0.329 e. The van der Waals surface area contributed by atoms with Gasteiger partial charge in [0.1, 0.15) is 17.3 Å². The van der Waals surface area contributed by atoms with Crippen LogP contribution in [0.2, 0.25) is 0 Å². The number of carbonyl (C=O) groups is 2. The van der Waals surface area contributed by atoms with Gasteiger partial charge in [0, 0.05) is 37.8 Å². The summed E-state index contributed by atoms with van der Waals surface area (Å²) in [5, 5.41) is 3.56. The van der Waals surface area contributed by atoms with Gasteiger partial charge in [0.25, 0.3) is 0 Å². The molecule has 8 nitrogen and oxygen atoms in total. The van der Waals surface area contributed by atoms with Crippen molar-refractivity contribution in [3.8, 4) is 22.1 Å². The molecule has 1 saturated carbocycles. The monoisotopic (exact) mass is 499 g/mol. The van der Waals surface area contributed by atoms with Gasteiger partial charge in [-0.3, -0.25) is 20.0 Å². The van der Waals surface area contributed by atoms with Crippen LogP contribution in [0.5, 0.6) is 11.5 Å². The molecule has 3 aromatic rings. The van der Waals surface area contributed by atoms with E-state index in [9.17, 15) is 18.4 Å². The Hall–Kier alpha value is -3.47. The van der Waals surface area contributed by atoms with Gasteiger partial charge >= 0.3 is 6.03 Å². The van der Waals surface area contributed by atoms with Crippen molar-refractivity contribution >= 4 is 29.1 Å². The van der Waals surface area contributed by atoms with Crippen LogP contribution in [0, 0.1) is 12.3 Å². The smallest absolute Gasteiger partial charge is 0.329 e. The van der Waals surface area contributed by atoms with Gasteiger partial charge in [0.05, 0.1) is 27.2 Å². The van der Waals surface area contributed by atoms with Crippen LogP contribution in [-0.4, -0.2) is 44.3 Å². The molecule has 2 fully saturated rings. The summed E-state index contributed by atoms with van der Waals surface area (Å²) in [6.07, 6.45) is 4.85. The standard InChI is InChI=1S/C24H23F2N5O3S/c1-15-28-14-19(35-15)18-12-16(4-10-27-18)34-17-2-3-20(29-13-17)30-22(33)31-11-9-23(21(31)32)5-7-24(25,26)8-6-23/h2-4,10,12-14H,5-9,11H2,1H3,(H,29,30,33). The van der Waals surface area contributed by atoms with Crippen molar-refractivity contribution in [3.63, 3.8) is 0 Å². The first-order valence-corrected chi connectivity index (χ1v) is 12.1. The largest absolute Gasteiger partial charge is 0.456 e. The van der Waals surface area contributed by atoms with Gasteiger partial charge in [-0.2, -0.15) is 0 Å². The molecule has 4 heterocycles. The molecular weight excluding hydrogens is 476 g/mol. The van der Waals surface area contributed by atoms with Gasteiger partial charge < -0.3 is 4.74 Å². The maximum atomic E-state index is 13.6. The fourth-order valence-electron chi connectivity index (χ4n) is 4.49. The first kappa shape index (κ1) is 23.3. The number of hydrogen-bond acceptors (Lipinski definition) is 7. The van der Waals surface area contributed by atoms with E-state index in [-0.39, 0.29) is 44.0 Å². The lowest BCUT2D eigenvalue weighted by atomic mass is 9.72. The first-order chi connectivity index (χ1) is 16.7. The van der Waals surface area contributed by atoms with Gasteiger partial charge in [-0.1, -0.05) is 0 Å². The van der Waals surface area contributed by atoms with Crippen molar-refractivity contribution in [1.29, 1.82) is 0 Å². The molecule has 0 unspecified atom stereocenters. The van der Waals surface area contributed by atoms with E-state index in [1.165, 1.54) is 17.5 Å². The number of ether oxygens (including phenoxy) is 1. The van der Waals surface area contributed by atoms with Crippen LogP contribution in [0.25, 0.3) is 10.6 Å².